The standard InChI is InChI=1S/C11H22N4/c1-4-11(5-6-12)14(2)8-10-7-13-15(3)9-10/h7,9,11H,4-6,8,12H2,1-3H3. The van der Waals surface area contributed by atoms with Crippen LogP contribution in [0.1, 0.15) is 25.3 Å². The van der Waals surface area contributed by atoms with Crippen LogP contribution in [0.2, 0.25) is 0 Å². The number of nitrogens with zero attached hydrogens (tertiary/aromatic N) is 3. The van der Waals surface area contributed by atoms with E-state index in [0.717, 1.165) is 25.9 Å². The number of rotatable bonds is 6. The molecular formula is C11H22N4. The fourth-order valence-electron chi connectivity index (χ4n) is 1.90. The molecule has 15 heavy (non-hydrogen) atoms. The average Bonchev–Trinajstić information content (AvgIpc) is 2.60. The average molecular weight is 210 g/mol. The van der Waals surface area contributed by atoms with Crippen LogP contribution >= 0.6 is 0 Å². The number of aromatic nitrogens is 2. The molecule has 0 aromatic carbocycles. The third-order valence-electron chi connectivity index (χ3n) is 2.78. The fraction of sp³-hybridized carbons (Fsp3) is 0.727. The summed E-state index contributed by atoms with van der Waals surface area (Å²) in [6.07, 6.45) is 6.19. The summed E-state index contributed by atoms with van der Waals surface area (Å²) < 4.78 is 1.84. The van der Waals surface area contributed by atoms with Crippen molar-refractivity contribution in [1.29, 1.82) is 0 Å². The Balaban J connectivity index is 2.49. The van der Waals surface area contributed by atoms with Gasteiger partial charge in [-0.2, -0.15) is 5.10 Å². The molecule has 1 unspecified atom stereocenters. The zero-order valence-corrected chi connectivity index (χ0v) is 9.98. The second kappa shape index (κ2) is 5.88. The van der Waals surface area contributed by atoms with E-state index in [4.69, 9.17) is 5.73 Å². The quantitative estimate of drug-likeness (QED) is 0.761. The Hall–Kier alpha value is -0.870. The number of hydrogen-bond donors (Lipinski definition) is 1. The van der Waals surface area contributed by atoms with E-state index in [9.17, 15) is 0 Å². The van der Waals surface area contributed by atoms with Gasteiger partial charge in [0.2, 0.25) is 0 Å². The Morgan fingerprint density at radius 2 is 2.33 bits per heavy atom. The zero-order valence-electron chi connectivity index (χ0n) is 9.98. The van der Waals surface area contributed by atoms with Crippen LogP contribution in [0.3, 0.4) is 0 Å². The molecule has 0 saturated carbocycles. The van der Waals surface area contributed by atoms with Crippen molar-refractivity contribution in [2.75, 3.05) is 13.6 Å². The molecule has 1 atom stereocenters. The van der Waals surface area contributed by atoms with E-state index in [1.54, 1.807) is 0 Å². The van der Waals surface area contributed by atoms with E-state index in [1.165, 1.54) is 5.56 Å². The van der Waals surface area contributed by atoms with Crippen molar-refractivity contribution in [3.05, 3.63) is 18.0 Å². The Labute approximate surface area is 92.1 Å². The maximum absolute atomic E-state index is 5.60. The molecule has 4 heteroatoms. The summed E-state index contributed by atoms with van der Waals surface area (Å²) in [7, 11) is 4.09. The lowest BCUT2D eigenvalue weighted by Crippen LogP contribution is -2.32. The molecule has 4 nitrogen and oxygen atoms in total. The Morgan fingerprint density at radius 3 is 2.80 bits per heavy atom. The van der Waals surface area contributed by atoms with Gasteiger partial charge in [-0.25, -0.2) is 0 Å². The first-order valence-corrected chi connectivity index (χ1v) is 5.55. The summed E-state index contributed by atoms with van der Waals surface area (Å²) >= 11 is 0. The first-order valence-electron chi connectivity index (χ1n) is 5.55. The molecular weight excluding hydrogens is 188 g/mol. The predicted octanol–water partition coefficient (Wildman–Crippen LogP) is 0.979. The van der Waals surface area contributed by atoms with E-state index < -0.39 is 0 Å². The first kappa shape index (κ1) is 12.2. The minimum absolute atomic E-state index is 0.579. The molecule has 0 radical (unpaired) electrons. The zero-order chi connectivity index (χ0) is 11.3. The van der Waals surface area contributed by atoms with E-state index in [1.807, 2.05) is 17.9 Å². The van der Waals surface area contributed by atoms with E-state index in [-0.39, 0.29) is 0 Å². The SMILES string of the molecule is CCC(CCN)N(C)Cc1cnn(C)c1. The van der Waals surface area contributed by atoms with Crippen molar-refractivity contribution >= 4 is 0 Å². The predicted molar refractivity (Wildman–Crippen MR) is 62.4 cm³/mol. The molecule has 0 spiro atoms. The largest absolute Gasteiger partial charge is 0.330 e. The maximum atomic E-state index is 5.60. The highest BCUT2D eigenvalue weighted by molar-refractivity contribution is 5.03. The van der Waals surface area contributed by atoms with Gasteiger partial charge in [-0.3, -0.25) is 9.58 Å². The minimum atomic E-state index is 0.579. The van der Waals surface area contributed by atoms with Crippen molar-refractivity contribution in [3.63, 3.8) is 0 Å². The fourth-order valence-corrected chi connectivity index (χ4v) is 1.90. The van der Waals surface area contributed by atoms with Crippen molar-refractivity contribution in [2.24, 2.45) is 12.8 Å². The molecule has 0 aliphatic heterocycles. The molecule has 0 bridgehead atoms. The van der Waals surface area contributed by atoms with Gasteiger partial charge in [0.1, 0.15) is 0 Å². The van der Waals surface area contributed by atoms with Crippen LogP contribution in [0, 0.1) is 0 Å². The Kier molecular flexibility index (Phi) is 4.78. The highest BCUT2D eigenvalue weighted by atomic mass is 15.2. The summed E-state index contributed by atoms with van der Waals surface area (Å²) in [5, 5.41) is 4.17. The summed E-state index contributed by atoms with van der Waals surface area (Å²) in [5.41, 5.74) is 6.86. The number of hydrogen-bond acceptors (Lipinski definition) is 3. The molecule has 1 heterocycles. The summed E-state index contributed by atoms with van der Waals surface area (Å²) in [4.78, 5) is 2.35. The molecule has 0 aliphatic rings. The van der Waals surface area contributed by atoms with Crippen molar-refractivity contribution in [1.82, 2.24) is 14.7 Å². The molecule has 1 rings (SSSR count). The van der Waals surface area contributed by atoms with Gasteiger partial charge in [-0.15, -0.1) is 0 Å². The molecule has 2 N–H and O–H groups in total. The lowest BCUT2D eigenvalue weighted by Gasteiger charge is -2.26. The van der Waals surface area contributed by atoms with E-state index >= 15 is 0 Å². The Bertz CT molecular complexity index is 282. The number of aryl methyl sites for hydroxylation is 1. The smallest absolute Gasteiger partial charge is 0.0534 e. The monoisotopic (exact) mass is 210 g/mol. The van der Waals surface area contributed by atoms with Crippen LogP contribution in [0.5, 0.6) is 0 Å². The van der Waals surface area contributed by atoms with Gasteiger partial charge in [0.05, 0.1) is 6.20 Å². The highest BCUT2D eigenvalue weighted by Crippen LogP contribution is 2.10. The maximum Gasteiger partial charge on any atom is 0.0534 e. The molecule has 0 amide bonds. The molecule has 0 fully saturated rings. The third-order valence-corrected chi connectivity index (χ3v) is 2.78. The molecule has 1 aromatic rings. The lowest BCUT2D eigenvalue weighted by atomic mass is 10.1. The van der Waals surface area contributed by atoms with Crippen LogP contribution in [0.4, 0.5) is 0 Å². The van der Waals surface area contributed by atoms with Crippen LogP contribution in [-0.4, -0.2) is 34.3 Å². The van der Waals surface area contributed by atoms with Gasteiger partial charge in [0.15, 0.2) is 0 Å². The van der Waals surface area contributed by atoms with Gasteiger partial charge in [-0.1, -0.05) is 6.92 Å². The van der Waals surface area contributed by atoms with Crippen molar-refractivity contribution in [2.45, 2.75) is 32.4 Å². The van der Waals surface area contributed by atoms with Gasteiger partial charge in [0, 0.05) is 31.4 Å². The van der Waals surface area contributed by atoms with Gasteiger partial charge in [-0.05, 0) is 26.4 Å². The second-order valence-electron chi connectivity index (χ2n) is 4.08. The van der Waals surface area contributed by atoms with Crippen molar-refractivity contribution < 1.29 is 0 Å². The van der Waals surface area contributed by atoms with Crippen LogP contribution in [-0.2, 0) is 13.6 Å². The molecule has 0 aliphatic carbocycles. The second-order valence-corrected chi connectivity index (χ2v) is 4.08. The summed E-state index contributed by atoms with van der Waals surface area (Å²) in [6, 6.07) is 0.579. The van der Waals surface area contributed by atoms with Gasteiger partial charge >= 0.3 is 0 Å². The van der Waals surface area contributed by atoms with Crippen molar-refractivity contribution in [3.8, 4) is 0 Å². The molecule has 0 saturated heterocycles. The summed E-state index contributed by atoms with van der Waals surface area (Å²) in [5.74, 6) is 0. The topological polar surface area (TPSA) is 47.1 Å². The van der Waals surface area contributed by atoms with Gasteiger partial charge in [0.25, 0.3) is 0 Å². The first-order chi connectivity index (χ1) is 7.17. The van der Waals surface area contributed by atoms with E-state index in [2.05, 4.69) is 30.2 Å². The molecule has 1 aromatic heterocycles. The minimum Gasteiger partial charge on any atom is -0.330 e. The lowest BCUT2D eigenvalue weighted by molar-refractivity contribution is 0.218. The Morgan fingerprint density at radius 1 is 1.60 bits per heavy atom. The highest BCUT2D eigenvalue weighted by Gasteiger charge is 2.12. The number of nitrogens with two attached hydrogens (primary N) is 1. The van der Waals surface area contributed by atoms with Crippen LogP contribution in [0.15, 0.2) is 12.4 Å². The van der Waals surface area contributed by atoms with Crippen LogP contribution < -0.4 is 5.73 Å². The van der Waals surface area contributed by atoms with Crippen LogP contribution in [0.25, 0.3) is 0 Å². The van der Waals surface area contributed by atoms with Gasteiger partial charge < -0.3 is 5.73 Å². The molecule has 86 valence electrons. The van der Waals surface area contributed by atoms with E-state index in [0.29, 0.717) is 6.04 Å². The third kappa shape index (κ3) is 3.64. The normalized spacial score (nSPS) is 13.4. The summed E-state index contributed by atoms with van der Waals surface area (Å²) in [6.45, 7) is 3.92.